The lowest BCUT2D eigenvalue weighted by molar-refractivity contribution is 1.18. The molecule has 0 amide bonds. The fourth-order valence-corrected chi connectivity index (χ4v) is 5.96. The van der Waals surface area contributed by atoms with Crippen LogP contribution in [0.25, 0.3) is 71.6 Å². The van der Waals surface area contributed by atoms with Crippen molar-refractivity contribution in [3.8, 4) is 27.9 Å². The van der Waals surface area contributed by atoms with Crippen LogP contribution in [0.3, 0.4) is 0 Å². The van der Waals surface area contributed by atoms with Gasteiger partial charge in [0.15, 0.2) is 0 Å². The molecule has 178 valence electrons. The van der Waals surface area contributed by atoms with Crippen LogP contribution in [0.15, 0.2) is 140 Å². The summed E-state index contributed by atoms with van der Waals surface area (Å²) >= 11 is 0. The number of rotatable bonds is 3. The standard InChI is InChI=1S/C36H24N2/c1-2-9-24(10-3-1)25-17-19-26(20-18-25)27-11-8-12-28(23-27)38-33-16-7-5-14-31(33)35-34(38)22-21-30-29-13-4-6-15-32(29)37-36(30)35/h1-23,37H. The van der Waals surface area contributed by atoms with E-state index < -0.39 is 0 Å². The third kappa shape index (κ3) is 3.14. The van der Waals surface area contributed by atoms with Crippen molar-refractivity contribution in [1.82, 2.24) is 9.55 Å². The molecule has 0 unspecified atom stereocenters. The van der Waals surface area contributed by atoms with Crippen molar-refractivity contribution in [2.75, 3.05) is 0 Å². The van der Waals surface area contributed by atoms with Gasteiger partial charge in [-0.15, -0.1) is 0 Å². The second kappa shape index (κ2) is 8.22. The molecule has 2 heterocycles. The maximum atomic E-state index is 3.72. The number of aromatic nitrogens is 2. The Morgan fingerprint density at radius 1 is 0.421 bits per heavy atom. The van der Waals surface area contributed by atoms with E-state index in [1.54, 1.807) is 0 Å². The van der Waals surface area contributed by atoms with E-state index in [0.29, 0.717) is 0 Å². The zero-order valence-electron chi connectivity index (χ0n) is 20.7. The first-order chi connectivity index (χ1) is 18.8. The predicted octanol–water partition coefficient (Wildman–Crippen LogP) is 9.75. The quantitative estimate of drug-likeness (QED) is 0.258. The van der Waals surface area contributed by atoms with Crippen molar-refractivity contribution in [3.05, 3.63) is 140 Å². The molecule has 8 aromatic rings. The molecule has 8 rings (SSSR count). The Bertz CT molecular complexity index is 2110. The number of H-pyrrole nitrogens is 1. The molecular weight excluding hydrogens is 460 g/mol. The second-order valence-electron chi connectivity index (χ2n) is 9.90. The fraction of sp³-hybridized carbons (Fsp3) is 0. The number of hydrogen-bond donors (Lipinski definition) is 1. The van der Waals surface area contributed by atoms with Gasteiger partial charge >= 0.3 is 0 Å². The van der Waals surface area contributed by atoms with Gasteiger partial charge < -0.3 is 9.55 Å². The van der Waals surface area contributed by atoms with E-state index >= 15 is 0 Å². The van der Waals surface area contributed by atoms with Crippen molar-refractivity contribution in [2.24, 2.45) is 0 Å². The third-order valence-corrected chi connectivity index (χ3v) is 7.75. The minimum atomic E-state index is 1.16. The molecule has 38 heavy (non-hydrogen) atoms. The molecule has 0 radical (unpaired) electrons. The summed E-state index contributed by atoms with van der Waals surface area (Å²) in [6.07, 6.45) is 0. The summed E-state index contributed by atoms with van der Waals surface area (Å²) in [4.78, 5) is 3.72. The average molecular weight is 485 g/mol. The van der Waals surface area contributed by atoms with Crippen molar-refractivity contribution < 1.29 is 0 Å². The van der Waals surface area contributed by atoms with Gasteiger partial charge in [0, 0.05) is 32.7 Å². The van der Waals surface area contributed by atoms with E-state index in [9.17, 15) is 0 Å². The zero-order valence-corrected chi connectivity index (χ0v) is 20.7. The Hall–Kier alpha value is -5.08. The lowest BCUT2D eigenvalue weighted by Gasteiger charge is -2.11. The largest absolute Gasteiger partial charge is 0.354 e. The maximum Gasteiger partial charge on any atom is 0.0566 e. The Labute approximate surface area is 220 Å². The van der Waals surface area contributed by atoms with Crippen LogP contribution in [0.4, 0.5) is 0 Å². The lowest BCUT2D eigenvalue weighted by Crippen LogP contribution is -1.94. The van der Waals surface area contributed by atoms with Gasteiger partial charge in [-0.1, -0.05) is 109 Å². The van der Waals surface area contributed by atoms with Crippen LogP contribution in [-0.4, -0.2) is 9.55 Å². The van der Waals surface area contributed by atoms with Crippen LogP contribution < -0.4 is 0 Å². The minimum absolute atomic E-state index is 1.16. The fourth-order valence-electron chi connectivity index (χ4n) is 5.96. The van der Waals surface area contributed by atoms with E-state index in [1.807, 2.05) is 0 Å². The number of nitrogens with one attached hydrogen (secondary N) is 1. The molecule has 0 aliphatic carbocycles. The molecular formula is C36H24N2. The molecule has 2 aromatic heterocycles. The molecule has 2 heteroatoms. The Morgan fingerprint density at radius 3 is 1.92 bits per heavy atom. The molecule has 0 spiro atoms. The molecule has 0 aliphatic heterocycles. The van der Waals surface area contributed by atoms with E-state index in [1.165, 1.54) is 65.9 Å². The molecule has 0 bridgehead atoms. The smallest absolute Gasteiger partial charge is 0.0566 e. The predicted molar refractivity (Wildman–Crippen MR) is 161 cm³/mol. The average Bonchev–Trinajstić information content (AvgIpc) is 3.53. The molecule has 2 nitrogen and oxygen atoms in total. The van der Waals surface area contributed by atoms with Crippen molar-refractivity contribution in [1.29, 1.82) is 0 Å². The van der Waals surface area contributed by atoms with Crippen LogP contribution in [0, 0.1) is 0 Å². The van der Waals surface area contributed by atoms with E-state index in [4.69, 9.17) is 0 Å². The van der Waals surface area contributed by atoms with Crippen LogP contribution in [-0.2, 0) is 0 Å². The minimum Gasteiger partial charge on any atom is -0.354 e. The van der Waals surface area contributed by atoms with Crippen LogP contribution in [0.5, 0.6) is 0 Å². The normalized spacial score (nSPS) is 11.7. The zero-order chi connectivity index (χ0) is 25.1. The summed E-state index contributed by atoms with van der Waals surface area (Å²) < 4.78 is 2.40. The molecule has 1 N–H and O–H groups in total. The van der Waals surface area contributed by atoms with Crippen LogP contribution in [0.2, 0.25) is 0 Å². The van der Waals surface area contributed by atoms with Gasteiger partial charge in [-0.25, -0.2) is 0 Å². The Kier molecular flexibility index (Phi) is 4.55. The van der Waals surface area contributed by atoms with Crippen molar-refractivity contribution >= 4 is 43.6 Å². The van der Waals surface area contributed by atoms with E-state index in [0.717, 1.165) is 5.69 Å². The molecule has 0 atom stereocenters. The van der Waals surface area contributed by atoms with Gasteiger partial charge in [0.05, 0.1) is 16.6 Å². The maximum absolute atomic E-state index is 3.72. The van der Waals surface area contributed by atoms with Gasteiger partial charge in [-0.3, -0.25) is 0 Å². The monoisotopic (exact) mass is 484 g/mol. The van der Waals surface area contributed by atoms with Crippen molar-refractivity contribution in [3.63, 3.8) is 0 Å². The molecule has 0 aliphatic rings. The van der Waals surface area contributed by atoms with E-state index in [2.05, 4.69) is 149 Å². The highest BCUT2D eigenvalue weighted by molar-refractivity contribution is 6.25. The lowest BCUT2D eigenvalue weighted by atomic mass is 10.00. The van der Waals surface area contributed by atoms with Gasteiger partial charge in [0.25, 0.3) is 0 Å². The van der Waals surface area contributed by atoms with Crippen molar-refractivity contribution in [2.45, 2.75) is 0 Å². The first-order valence-corrected chi connectivity index (χ1v) is 13.0. The van der Waals surface area contributed by atoms with Crippen LogP contribution >= 0.6 is 0 Å². The highest BCUT2D eigenvalue weighted by Gasteiger charge is 2.17. The summed E-state index contributed by atoms with van der Waals surface area (Å²) in [6.45, 7) is 0. The van der Waals surface area contributed by atoms with Gasteiger partial charge in [0.2, 0.25) is 0 Å². The number of aromatic amines is 1. The molecule has 0 saturated heterocycles. The van der Waals surface area contributed by atoms with Gasteiger partial charge in [-0.05, 0) is 52.6 Å². The topological polar surface area (TPSA) is 20.7 Å². The summed E-state index contributed by atoms with van der Waals surface area (Å²) in [6, 6.07) is 50.1. The summed E-state index contributed by atoms with van der Waals surface area (Å²) in [5.41, 5.74) is 10.9. The molecule has 0 fully saturated rings. The molecule has 0 saturated carbocycles. The highest BCUT2D eigenvalue weighted by atomic mass is 15.0. The van der Waals surface area contributed by atoms with Gasteiger partial charge in [0.1, 0.15) is 0 Å². The number of benzene rings is 6. The number of hydrogen-bond acceptors (Lipinski definition) is 0. The number of nitrogens with zero attached hydrogens (tertiary/aromatic N) is 1. The Morgan fingerprint density at radius 2 is 1.08 bits per heavy atom. The number of fused-ring (bicyclic) bond motifs is 7. The van der Waals surface area contributed by atoms with E-state index in [-0.39, 0.29) is 0 Å². The van der Waals surface area contributed by atoms with Gasteiger partial charge in [-0.2, -0.15) is 0 Å². The highest BCUT2D eigenvalue weighted by Crippen LogP contribution is 2.39. The first kappa shape index (κ1) is 21.0. The first-order valence-electron chi connectivity index (χ1n) is 13.0. The second-order valence-corrected chi connectivity index (χ2v) is 9.90. The SMILES string of the molecule is c1ccc(-c2ccc(-c3cccc(-n4c5ccccc5c5c6[nH]c7ccccc7c6ccc54)c3)cc2)cc1. The summed E-state index contributed by atoms with van der Waals surface area (Å²) in [7, 11) is 0. The summed E-state index contributed by atoms with van der Waals surface area (Å²) in [5.74, 6) is 0. The third-order valence-electron chi connectivity index (χ3n) is 7.75. The number of para-hydroxylation sites is 2. The summed E-state index contributed by atoms with van der Waals surface area (Å²) in [5, 5.41) is 5.06. The van der Waals surface area contributed by atoms with Crippen LogP contribution in [0.1, 0.15) is 0 Å². The Balaban J connectivity index is 1.32. The molecule has 6 aromatic carbocycles.